The number of anilines is 1. The molecular formula is C14H20N2O2S. The van der Waals surface area contributed by atoms with Crippen LogP contribution in [0.15, 0.2) is 6.07 Å². The van der Waals surface area contributed by atoms with E-state index in [2.05, 4.69) is 16.6 Å². The van der Waals surface area contributed by atoms with E-state index in [0.717, 1.165) is 12.2 Å². The van der Waals surface area contributed by atoms with Gasteiger partial charge in [0.1, 0.15) is 5.56 Å². The average molecular weight is 280 g/mol. The number of nitrogens with zero attached hydrogens (tertiary/aromatic N) is 1. The minimum atomic E-state index is -0.917. The van der Waals surface area contributed by atoms with Crippen LogP contribution in [0.2, 0.25) is 0 Å². The normalized spacial score (nSPS) is 16.8. The minimum Gasteiger partial charge on any atom is -0.478 e. The number of aryl methyl sites for hydroxylation is 2. The van der Waals surface area contributed by atoms with Gasteiger partial charge < -0.3 is 10.4 Å². The maximum absolute atomic E-state index is 11.3. The zero-order chi connectivity index (χ0) is 14.0. The third-order valence-corrected chi connectivity index (χ3v) is 5.26. The van der Waals surface area contributed by atoms with E-state index in [1.54, 1.807) is 6.92 Å². The van der Waals surface area contributed by atoms with Crippen molar-refractivity contribution in [3.8, 4) is 0 Å². The van der Waals surface area contributed by atoms with Gasteiger partial charge in [-0.15, -0.1) is 0 Å². The second-order valence-corrected chi connectivity index (χ2v) is 6.45. The molecule has 1 fully saturated rings. The molecule has 1 saturated carbocycles. The smallest absolute Gasteiger partial charge is 0.339 e. The highest BCUT2D eigenvalue weighted by Crippen LogP contribution is 2.42. The Morgan fingerprint density at radius 3 is 2.68 bits per heavy atom. The summed E-state index contributed by atoms with van der Waals surface area (Å²) in [6.45, 7) is 4.45. The van der Waals surface area contributed by atoms with Crippen LogP contribution in [0, 0.1) is 13.8 Å². The second-order valence-electron chi connectivity index (χ2n) is 5.17. The Labute approximate surface area is 118 Å². The lowest BCUT2D eigenvalue weighted by Crippen LogP contribution is -2.40. The van der Waals surface area contributed by atoms with E-state index in [4.69, 9.17) is 0 Å². The van der Waals surface area contributed by atoms with Crippen LogP contribution in [-0.4, -0.2) is 33.6 Å². The van der Waals surface area contributed by atoms with E-state index < -0.39 is 5.97 Å². The van der Waals surface area contributed by atoms with Gasteiger partial charge in [-0.05, 0) is 39.0 Å². The highest BCUT2D eigenvalue weighted by Gasteiger charge is 2.36. The van der Waals surface area contributed by atoms with Crippen LogP contribution in [0.3, 0.4) is 0 Å². The van der Waals surface area contributed by atoms with Crippen LogP contribution in [0.25, 0.3) is 0 Å². The van der Waals surface area contributed by atoms with Crippen molar-refractivity contribution < 1.29 is 9.90 Å². The topological polar surface area (TPSA) is 62.2 Å². The van der Waals surface area contributed by atoms with Gasteiger partial charge in [0.25, 0.3) is 0 Å². The molecule has 2 N–H and O–H groups in total. The van der Waals surface area contributed by atoms with Crippen molar-refractivity contribution in [3.05, 3.63) is 23.0 Å². The Morgan fingerprint density at radius 2 is 2.21 bits per heavy atom. The van der Waals surface area contributed by atoms with Gasteiger partial charge in [0.2, 0.25) is 0 Å². The molecule has 0 radical (unpaired) electrons. The first-order chi connectivity index (χ1) is 8.97. The van der Waals surface area contributed by atoms with Crippen LogP contribution in [0.5, 0.6) is 0 Å². The van der Waals surface area contributed by atoms with Gasteiger partial charge in [-0.2, -0.15) is 11.8 Å². The lowest BCUT2D eigenvalue weighted by molar-refractivity contribution is 0.0696. The van der Waals surface area contributed by atoms with E-state index in [1.807, 2.05) is 24.8 Å². The van der Waals surface area contributed by atoms with Gasteiger partial charge in [-0.3, -0.25) is 4.98 Å². The second kappa shape index (κ2) is 5.41. The largest absolute Gasteiger partial charge is 0.478 e. The van der Waals surface area contributed by atoms with E-state index in [0.29, 0.717) is 16.9 Å². The van der Waals surface area contributed by atoms with Gasteiger partial charge in [0.05, 0.1) is 11.4 Å². The van der Waals surface area contributed by atoms with E-state index in [-0.39, 0.29) is 4.75 Å². The molecule has 4 nitrogen and oxygen atoms in total. The maximum Gasteiger partial charge on any atom is 0.339 e. The number of carboxylic acid groups (broad SMARTS) is 1. The summed E-state index contributed by atoms with van der Waals surface area (Å²) >= 11 is 1.88. The molecule has 5 heteroatoms. The first-order valence-corrected chi connectivity index (χ1v) is 7.70. The quantitative estimate of drug-likeness (QED) is 0.868. The maximum atomic E-state index is 11.3. The number of rotatable bonds is 5. The summed E-state index contributed by atoms with van der Waals surface area (Å²) < 4.78 is 0.279. The Kier molecular flexibility index (Phi) is 4.04. The third-order valence-electron chi connectivity index (χ3n) is 3.84. The molecule has 0 spiro atoms. The number of carboxylic acids is 1. The predicted octanol–water partition coefficient (Wildman–Crippen LogP) is 3.09. The SMILES string of the molecule is CSC1(CNc2cc(C)nc(C)c2C(=O)O)CCC1. The fourth-order valence-electron chi connectivity index (χ4n) is 2.52. The number of aromatic nitrogens is 1. The van der Waals surface area contributed by atoms with Crippen molar-refractivity contribution >= 4 is 23.4 Å². The lowest BCUT2D eigenvalue weighted by Gasteiger charge is -2.40. The summed E-state index contributed by atoms with van der Waals surface area (Å²) in [5.74, 6) is -0.917. The van der Waals surface area contributed by atoms with Crippen molar-refractivity contribution in [1.82, 2.24) is 4.98 Å². The minimum absolute atomic E-state index is 0.279. The zero-order valence-corrected chi connectivity index (χ0v) is 12.4. The molecule has 1 aliphatic carbocycles. The molecule has 0 saturated heterocycles. The van der Waals surface area contributed by atoms with Crippen LogP contribution in [-0.2, 0) is 0 Å². The molecule has 1 aromatic rings. The van der Waals surface area contributed by atoms with Crippen LogP contribution < -0.4 is 5.32 Å². The molecule has 104 valence electrons. The summed E-state index contributed by atoms with van der Waals surface area (Å²) in [6, 6.07) is 1.82. The Balaban J connectivity index is 2.21. The average Bonchev–Trinajstić information content (AvgIpc) is 2.26. The van der Waals surface area contributed by atoms with Crippen LogP contribution >= 0.6 is 11.8 Å². The molecule has 0 amide bonds. The number of carbonyl (C=O) groups is 1. The van der Waals surface area contributed by atoms with Crippen molar-refractivity contribution in [3.63, 3.8) is 0 Å². The fourth-order valence-corrected chi connectivity index (χ4v) is 3.43. The molecule has 0 aliphatic heterocycles. The summed E-state index contributed by atoms with van der Waals surface area (Å²) in [5, 5.41) is 12.6. The third kappa shape index (κ3) is 2.86. The molecular weight excluding hydrogens is 260 g/mol. The molecule has 1 heterocycles. The van der Waals surface area contributed by atoms with Crippen molar-refractivity contribution in [2.45, 2.75) is 37.9 Å². The first-order valence-electron chi connectivity index (χ1n) is 6.48. The monoisotopic (exact) mass is 280 g/mol. The molecule has 0 atom stereocenters. The number of nitrogens with one attached hydrogen (secondary N) is 1. The highest BCUT2D eigenvalue weighted by atomic mass is 32.2. The Morgan fingerprint density at radius 1 is 1.53 bits per heavy atom. The summed E-state index contributed by atoms with van der Waals surface area (Å²) in [6.07, 6.45) is 5.80. The Hall–Kier alpha value is -1.23. The Bertz CT molecular complexity index is 493. The standard InChI is InChI=1S/C14H20N2O2S/c1-9-7-11(12(13(17)18)10(2)16-9)15-8-14(19-3)5-4-6-14/h7H,4-6,8H2,1-3H3,(H,15,16)(H,17,18). The molecule has 1 aromatic heterocycles. The fraction of sp³-hybridized carbons (Fsp3) is 0.571. The number of aromatic carboxylic acids is 1. The zero-order valence-electron chi connectivity index (χ0n) is 11.6. The summed E-state index contributed by atoms with van der Waals surface area (Å²) in [5.41, 5.74) is 2.40. The molecule has 0 aromatic carbocycles. The predicted molar refractivity (Wildman–Crippen MR) is 79.3 cm³/mol. The van der Waals surface area contributed by atoms with Crippen LogP contribution in [0.4, 0.5) is 5.69 Å². The van der Waals surface area contributed by atoms with Crippen molar-refractivity contribution in [2.75, 3.05) is 18.1 Å². The summed E-state index contributed by atoms with van der Waals surface area (Å²) in [7, 11) is 0. The molecule has 2 rings (SSSR count). The van der Waals surface area contributed by atoms with Crippen LogP contribution in [0.1, 0.15) is 41.0 Å². The molecule has 0 unspecified atom stereocenters. The summed E-state index contributed by atoms with van der Waals surface area (Å²) in [4.78, 5) is 15.6. The number of pyridine rings is 1. The van der Waals surface area contributed by atoms with E-state index >= 15 is 0 Å². The molecule has 1 aliphatic rings. The first kappa shape index (κ1) is 14.2. The van der Waals surface area contributed by atoms with Gasteiger partial charge in [0.15, 0.2) is 0 Å². The lowest BCUT2D eigenvalue weighted by atomic mass is 9.84. The van der Waals surface area contributed by atoms with E-state index in [9.17, 15) is 9.90 Å². The van der Waals surface area contributed by atoms with Gasteiger partial charge >= 0.3 is 5.97 Å². The molecule has 0 bridgehead atoms. The number of thioether (sulfide) groups is 1. The van der Waals surface area contributed by atoms with Crippen molar-refractivity contribution in [1.29, 1.82) is 0 Å². The van der Waals surface area contributed by atoms with Crippen molar-refractivity contribution in [2.24, 2.45) is 0 Å². The number of hydrogen-bond acceptors (Lipinski definition) is 4. The highest BCUT2D eigenvalue weighted by molar-refractivity contribution is 8.00. The van der Waals surface area contributed by atoms with Gasteiger partial charge in [0, 0.05) is 17.0 Å². The molecule has 19 heavy (non-hydrogen) atoms. The number of hydrogen-bond donors (Lipinski definition) is 2. The van der Waals surface area contributed by atoms with Gasteiger partial charge in [-0.25, -0.2) is 4.79 Å². The van der Waals surface area contributed by atoms with E-state index in [1.165, 1.54) is 19.3 Å². The van der Waals surface area contributed by atoms with Gasteiger partial charge in [-0.1, -0.05) is 6.42 Å².